The van der Waals surface area contributed by atoms with Crippen molar-refractivity contribution in [2.75, 3.05) is 13.1 Å². The van der Waals surface area contributed by atoms with Crippen LogP contribution in [-0.2, 0) is 0 Å². The predicted molar refractivity (Wildman–Crippen MR) is 71.8 cm³/mol. The first-order valence-corrected chi connectivity index (χ1v) is 5.95. The van der Waals surface area contributed by atoms with Crippen molar-refractivity contribution in [3.63, 3.8) is 0 Å². The molecule has 0 aliphatic carbocycles. The molecule has 1 aliphatic heterocycles. The molecule has 2 N–H and O–H groups in total. The van der Waals surface area contributed by atoms with E-state index in [1.54, 1.807) is 4.90 Å². The Kier molecular flexibility index (Phi) is 5.38. The number of hydrogen-bond acceptors (Lipinski definition) is 2. The minimum atomic E-state index is -0.543. The second-order valence-electron chi connectivity index (χ2n) is 4.28. The predicted octanol–water partition coefficient (Wildman–Crippen LogP) is 2.46. The third-order valence-electron chi connectivity index (χ3n) is 2.90. The molecule has 0 unspecified atom stereocenters. The number of nitrogens with zero attached hydrogens (tertiary/aromatic N) is 1. The number of carbonyl (C=O) groups is 1. The molecule has 0 spiro atoms. The van der Waals surface area contributed by atoms with Gasteiger partial charge in [0.2, 0.25) is 0 Å². The summed E-state index contributed by atoms with van der Waals surface area (Å²) in [6, 6.07) is 3.98. The summed E-state index contributed by atoms with van der Waals surface area (Å²) in [6.45, 7) is 1.10. The lowest BCUT2D eigenvalue weighted by Gasteiger charge is -2.30. The normalized spacial score (nSPS) is 19.3. The molecule has 100 valence electrons. The molecule has 1 saturated heterocycles. The van der Waals surface area contributed by atoms with Crippen LogP contribution in [0.25, 0.3) is 0 Å². The number of nitrogens with two attached hydrogens (primary N) is 1. The maximum Gasteiger partial charge on any atom is 0.256 e. The van der Waals surface area contributed by atoms with Crippen LogP contribution in [0.5, 0.6) is 0 Å². The van der Waals surface area contributed by atoms with Crippen LogP contribution in [0.3, 0.4) is 0 Å². The molecule has 1 atom stereocenters. The van der Waals surface area contributed by atoms with Crippen LogP contribution in [0.1, 0.15) is 23.2 Å². The zero-order valence-electron chi connectivity index (χ0n) is 9.73. The largest absolute Gasteiger partial charge is 0.337 e. The first-order valence-electron chi connectivity index (χ1n) is 5.58. The van der Waals surface area contributed by atoms with Crippen LogP contribution in [0, 0.1) is 5.82 Å². The average molecular weight is 293 g/mol. The highest BCUT2D eigenvalue weighted by molar-refractivity contribution is 6.31. The SMILES string of the molecule is Cl.N[C@@H]1CCCN(C(=O)c2cc(Cl)ccc2F)C1. The number of amides is 1. The van der Waals surface area contributed by atoms with Gasteiger partial charge in [-0.2, -0.15) is 0 Å². The van der Waals surface area contributed by atoms with Crippen molar-refractivity contribution in [2.24, 2.45) is 5.73 Å². The zero-order chi connectivity index (χ0) is 12.4. The molecular formula is C12H15Cl2FN2O. The van der Waals surface area contributed by atoms with Gasteiger partial charge in [-0.25, -0.2) is 4.39 Å². The summed E-state index contributed by atoms with van der Waals surface area (Å²) < 4.78 is 13.5. The second kappa shape index (κ2) is 6.36. The molecule has 1 heterocycles. The molecule has 0 saturated carbocycles. The smallest absolute Gasteiger partial charge is 0.256 e. The van der Waals surface area contributed by atoms with Crippen LogP contribution in [0.2, 0.25) is 5.02 Å². The quantitative estimate of drug-likeness (QED) is 0.864. The Bertz CT molecular complexity index is 442. The number of hydrogen-bond donors (Lipinski definition) is 1. The number of likely N-dealkylation sites (tertiary alicyclic amines) is 1. The van der Waals surface area contributed by atoms with Gasteiger partial charge in [0, 0.05) is 24.2 Å². The lowest BCUT2D eigenvalue weighted by Crippen LogP contribution is -2.45. The van der Waals surface area contributed by atoms with E-state index in [1.165, 1.54) is 18.2 Å². The molecule has 2 rings (SSSR count). The Labute approximate surface area is 116 Å². The molecule has 3 nitrogen and oxygen atoms in total. The number of carbonyl (C=O) groups excluding carboxylic acids is 1. The molecule has 0 bridgehead atoms. The number of piperidine rings is 1. The minimum Gasteiger partial charge on any atom is -0.337 e. The second-order valence-corrected chi connectivity index (χ2v) is 4.71. The van der Waals surface area contributed by atoms with Crippen LogP contribution in [0.15, 0.2) is 18.2 Å². The fourth-order valence-corrected chi connectivity index (χ4v) is 2.20. The summed E-state index contributed by atoms with van der Waals surface area (Å²) in [5, 5.41) is 0.357. The molecule has 1 fully saturated rings. The van der Waals surface area contributed by atoms with Gasteiger partial charge in [0.1, 0.15) is 5.82 Å². The maximum absolute atomic E-state index is 13.5. The van der Waals surface area contributed by atoms with Gasteiger partial charge >= 0.3 is 0 Å². The van der Waals surface area contributed by atoms with Gasteiger partial charge in [0.05, 0.1) is 5.56 Å². The van der Waals surface area contributed by atoms with Crippen molar-refractivity contribution in [2.45, 2.75) is 18.9 Å². The maximum atomic E-state index is 13.5. The first-order chi connectivity index (χ1) is 8.08. The van der Waals surface area contributed by atoms with E-state index in [-0.39, 0.29) is 29.9 Å². The summed E-state index contributed by atoms with van der Waals surface area (Å²) in [7, 11) is 0. The summed E-state index contributed by atoms with van der Waals surface area (Å²) in [6.07, 6.45) is 1.76. The Balaban J connectivity index is 0.00000162. The highest BCUT2D eigenvalue weighted by Gasteiger charge is 2.24. The summed E-state index contributed by atoms with van der Waals surface area (Å²) in [4.78, 5) is 13.7. The van der Waals surface area contributed by atoms with E-state index in [1.807, 2.05) is 0 Å². The Morgan fingerprint density at radius 2 is 2.22 bits per heavy atom. The molecule has 1 amide bonds. The van der Waals surface area contributed by atoms with Crippen molar-refractivity contribution in [1.29, 1.82) is 0 Å². The van der Waals surface area contributed by atoms with Gasteiger partial charge in [-0.1, -0.05) is 11.6 Å². The zero-order valence-corrected chi connectivity index (χ0v) is 11.3. The van der Waals surface area contributed by atoms with E-state index in [0.717, 1.165) is 12.8 Å². The van der Waals surface area contributed by atoms with Crippen molar-refractivity contribution in [3.8, 4) is 0 Å². The van der Waals surface area contributed by atoms with Crippen molar-refractivity contribution >= 4 is 29.9 Å². The van der Waals surface area contributed by atoms with Crippen LogP contribution in [-0.4, -0.2) is 29.9 Å². The van der Waals surface area contributed by atoms with Crippen LogP contribution >= 0.6 is 24.0 Å². The minimum absolute atomic E-state index is 0. The fraction of sp³-hybridized carbons (Fsp3) is 0.417. The van der Waals surface area contributed by atoms with Crippen LogP contribution in [0.4, 0.5) is 4.39 Å². The lowest BCUT2D eigenvalue weighted by molar-refractivity contribution is 0.0704. The van der Waals surface area contributed by atoms with Gasteiger partial charge in [0.25, 0.3) is 5.91 Å². The van der Waals surface area contributed by atoms with Gasteiger partial charge in [-0.15, -0.1) is 12.4 Å². The Morgan fingerprint density at radius 1 is 1.50 bits per heavy atom. The number of halogens is 3. The molecular weight excluding hydrogens is 278 g/mol. The Morgan fingerprint density at radius 3 is 2.89 bits per heavy atom. The Hall–Kier alpha value is -0.840. The van der Waals surface area contributed by atoms with E-state index in [2.05, 4.69) is 0 Å². The molecule has 0 aromatic heterocycles. The fourth-order valence-electron chi connectivity index (χ4n) is 2.03. The van der Waals surface area contributed by atoms with E-state index in [9.17, 15) is 9.18 Å². The molecule has 1 aliphatic rings. The third-order valence-corrected chi connectivity index (χ3v) is 3.14. The summed E-state index contributed by atoms with van der Waals surface area (Å²) in [5.41, 5.74) is 5.82. The lowest BCUT2D eigenvalue weighted by atomic mass is 10.1. The summed E-state index contributed by atoms with van der Waals surface area (Å²) in [5.74, 6) is -0.876. The number of rotatable bonds is 1. The van der Waals surface area contributed by atoms with Gasteiger partial charge in [0.15, 0.2) is 0 Å². The standard InChI is InChI=1S/C12H14ClFN2O.ClH/c13-8-3-4-11(14)10(6-8)12(17)16-5-1-2-9(15)7-16;/h3-4,6,9H,1-2,5,7,15H2;1H/t9-;/m1./s1. The monoisotopic (exact) mass is 292 g/mol. The van der Waals surface area contributed by atoms with Gasteiger partial charge < -0.3 is 10.6 Å². The molecule has 0 radical (unpaired) electrons. The van der Waals surface area contributed by atoms with E-state index in [4.69, 9.17) is 17.3 Å². The molecule has 6 heteroatoms. The van der Waals surface area contributed by atoms with Crippen molar-refractivity contribution in [1.82, 2.24) is 4.90 Å². The van der Waals surface area contributed by atoms with Gasteiger partial charge in [-0.05, 0) is 31.0 Å². The van der Waals surface area contributed by atoms with E-state index in [0.29, 0.717) is 18.1 Å². The number of benzene rings is 1. The highest BCUT2D eigenvalue weighted by Crippen LogP contribution is 2.18. The summed E-state index contributed by atoms with van der Waals surface area (Å²) >= 11 is 5.77. The van der Waals surface area contributed by atoms with Crippen molar-refractivity contribution in [3.05, 3.63) is 34.6 Å². The first kappa shape index (κ1) is 15.2. The molecule has 18 heavy (non-hydrogen) atoms. The van der Waals surface area contributed by atoms with Crippen LogP contribution < -0.4 is 5.73 Å². The molecule has 1 aromatic carbocycles. The van der Waals surface area contributed by atoms with Gasteiger partial charge in [-0.3, -0.25) is 4.79 Å². The van der Waals surface area contributed by atoms with Crippen molar-refractivity contribution < 1.29 is 9.18 Å². The molecule has 1 aromatic rings. The van der Waals surface area contributed by atoms with E-state index < -0.39 is 5.82 Å². The van der Waals surface area contributed by atoms with E-state index >= 15 is 0 Å². The average Bonchev–Trinajstić information content (AvgIpc) is 2.31. The topological polar surface area (TPSA) is 46.3 Å². The highest BCUT2D eigenvalue weighted by atomic mass is 35.5. The third kappa shape index (κ3) is 3.34.